The number of thiazole rings is 1. The highest BCUT2D eigenvalue weighted by Gasteiger charge is 2.55. The zero-order valence-corrected chi connectivity index (χ0v) is 20.0. The lowest BCUT2D eigenvalue weighted by Crippen LogP contribution is -2.71. The van der Waals surface area contributed by atoms with Gasteiger partial charge in [0.05, 0.1) is 6.42 Å². The maximum atomic E-state index is 13.0. The molecule has 188 valence electrons. The van der Waals surface area contributed by atoms with Crippen molar-refractivity contribution in [1.82, 2.24) is 15.2 Å². The molecular formula is C19H21N5O9S2. The average molecular weight is 528 g/mol. The first-order valence-corrected chi connectivity index (χ1v) is 11.9. The number of anilines is 1. The highest BCUT2D eigenvalue weighted by Crippen LogP contribution is 2.44. The van der Waals surface area contributed by atoms with E-state index in [0.29, 0.717) is 12.0 Å². The third-order valence-corrected chi connectivity index (χ3v) is 7.31. The minimum Gasteiger partial charge on any atom is -0.481 e. The van der Waals surface area contributed by atoms with Gasteiger partial charge < -0.3 is 31.2 Å². The summed E-state index contributed by atoms with van der Waals surface area (Å²) in [6.45, 7) is 3.59. The Balaban J connectivity index is 1.85. The molecule has 0 radical (unpaired) electrons. The number of carbonyl (C=O) groups excluding carboxylic acids is 2. The second kappa shape index (κ2) is 10.3. The molecule has 3 heterocycles. The number of nitrogens with two attached hydrogens (primary N) is 1. The van der Waals surface area contributed by atoms with E-state index < -0.39 is 59.4 Å². The van der Waals surface area contributed by atoms with Crippen molar-refractivity contribution in [2.45, 2.75) is 49.5 Å². The van der Waals surface area contributed by atoms with Crippen molar-refractivity contribution in [2.75, 3.05) is 5.73 Å². The Labute approximate surface area is 205 Å². The number of β-lactam (4-membered cyclic amide) rings is 1. The van der Waals surface area contributed by atoms with Gasteiger partial charge in [-0.15, -0.1) is 23.1 Å². The van der Waals surface area contributed by atoms with Gasteiger partial charge in [-0.05, 0) is 18.9 Å². The number of oxime groups is 1. The van der Waals surface area contributed by atoms with Gasteiger partial charge in [0.1, 0.15) is 22.8 Å². The molecule has 2 aliphatic rings. The molecule has 1 saturated heterocycles. The van der Waals surface area contributed by atoms with Gasteiger partial charge in [0.25, 0.3) is 11.8 Å². The van der Waals surface area contributed by atoms with Crippen LogP contribution in [0.5, 0.6) is 0 Å². The summed E-state index contributed by atoms with van der Waals surface area (Å²) in [5.41, 5.74) is 5.48. The summed E-state index contributed by atoms with van der Waals surface area (Å²) < 4.78 is 0. The predicted molar refractivity (Wildman–Crippen MR) is 122 cm³/mol. The van der Waals surface area contributed by atoms with E-state index in [1.165, 1.54) is 17.1 Å². The first-order valence-electron chi connectivity index (χ1n) is 10.1. The Morgan fingerprint density at radius 2 is 2.00 bits per heavy atom. The molecule has 0 saturated carbocycles. The van der Waals surface area contributed by atoms with Gasteiger partial charge in [-0.3, -0.25) is 19.3 Å². The zero-order valence-electron chi connectivity index (χ0n) is 18.3. The number of hydrogen-bond acceptors (Lipinski definition) is 11. The van der Waals surface area contributed by atoms with Crippen LogP contribution in [0.2, 0.25) is 0 Å². The Morgan fingerprint density at radius 3 is 2.51 bits per heavy atom. The molecule has 35 heavy (non-hydrogen) atoms. The maximum Gasteiger partial charge on any atom is 0.352 e. The molecule has 0 bridgehead atoms. The number of nitrogens with zero attached hydrogens (tertiary/aromatic N) is 3. The molecule has 4 atom stereocenters. The summed E-state index contributed by atoms with van der Waals surface area (Å²) >= 11 is 2.26. The number of rotatable bonds is 10. The molecule has 2 amide bonds. The summed E-state index contributed by atoms with van der Waals surface area (Å²) in [5.74, 6) is -5.94. The number of nitrogen functional groups attached to an aromatic ring is 1. The van der Waals surface area contributed by atoms with Crippen molar-refractivity contribution in [3.05, 3.63) is 22.3 Å². The molecule has 0 spiro atoms. The van der Waals surface area contributed by atoms with Gasteiger partial charge in [0, 0.05) is 10.6 Å². The molecule has 2 aliphatic heterocycles. The quantitative estimate of drug-likeness (QED) is 0.153. The van der Waals surface area contributed by atoms with Crippen molar-refractivity contribution in [3.8, 4) is 0 Å². The van der Waals surface area contributed by atoms with Gasteiger partial charge in [0.2, 0.25) is 6.10 Å². The Bertz CT molecular complexity index is 1150. The molecule has 16 heteroatoms. The molecule has 0 unspecified atom stereocenters. The van der Waals surface area contributed by atoms with E-state index >= 15 is 0 Å². The number of hydrogen-bond donors (Lipinski definition) is 5. The van der Waals surface area contributed by atoms with Crippen LogP contribution in [-0.2, 0) is 28.8 Å². The van der Waals surface area contributed by atoms with Gasteiger partial charge in [0.15, 0.2) is 10.8 Å². The van der Waals surface area contributed by atoms with Crippen LogP contribution in [0.25, 0.3) is 0 Å². The number of carboxylic acid groups (broad SMARTS) is 3. The molecule has 0 aromatic carbocycles. The number of fused-ring (bicyclic) bond motifs is 1. The number of aromatic nitrogens is 1. The lowest BCUT2D eigenvalue weighted by molar-refractivity contribution is -0.156. The van der Waals surface area contributed by atoms with Gasteiger partial charge in [-0.1, -0.05) is 12.1 Å². The standard InChI is InChI=1S/C19H21N5O9S2/c1-3-7-6(2)35-16-12(15(28)24(16)13(7)18(31)32)22-14(27)11(8-5-34-19(20)21-8)23-33-9(17(29)30)4-10(25)26/h5-6,9,12,16H,3-4H2,1-2H3,(H2,20,21)(H,22,27)(H,25,26)(H,29,30)(H,31,32)/b23-11-/t6-,9-,12+,16+/m0/s1. The number of aliphatic carboxylic acids is 3. The largest absolute Gasteiger partial charge is 0.481 e. The monoisotopic (exact) mass is 527 g/mol. The van der Waals surface area contributed by atoms with Gasteiger partial charge >= 0.3 is 17.9 Å². The number of carbonyl (C=O) groups is 5. The molecule has 1 aromatic heterocycles. The summed E-state index contributed by atoms with van der Waals surface area (Å²) in [7, 11) is 0. The van der Waals surface area contributed by atoms with E-state index in [9.17, 15) is 29.1 Å². The van der Waals surface area contributed by atoms with Gasteiger partial charge in [-0.2, -0.15) is 0 Å². The topological polar surface area (TPSA) is 222 Å². The smallest absolute Gasteiger partial charge is 0.352 e. The maximum absolute atomic E-state index is 13.0. The molecule has 6 N–H and O–H groups in total. The second-order valence-electron chi connectivity index (χ2n) is 7.40. The van der Waals surface area contributed by atoms with E-state index in [0.717, 1.165) is 16.2 Å². The molecule has 1 fully saturated rings. The third-order valence-electron chi connectivity index (χ3n) is 5.18. The van der Waals surface area contributed by atoms with E-state index in [4.69, 9.17) is 20.8 Å². The second-order valence-corrected chi connectivity index (χ2v) is 9.75. The van der Waals surface area contributed by atoms with Gasteiger partial charge in [-0.25, -0.2) is 14.6 Å². The zero-order chi connectivity index (χ0) is 26.0. The molecule has 0 aliphatic carbocycles. The van der Waals surface area contributed by atoms with Crippen LogP contribution in [0.3, 0.4) is 0 Å². The first kappa shape index (κ1) is 26.0. The molecule has 14 nitrogen and oxygen atoms in total. The molecular weight excluding hydrogens is 506 g/mol. The number of carboxylic acids is 3. The van der Waals surface area contributed by atoms with Crippen LogP contribution in [0.1, 0.15) is 32.4 Å². The minimum absolute atomic E-state index is 0.0618. The highest BCUT2D eigenvalue weighted by molar-refractivity contribution is 8.00. The van der Waals surface area contributed by atoms with E-state index in [1.807, 2.05) is 0 Å². The fourth-order valence-electron chi connectivity index (χ4n) is 3.56. The lowest BCUT2D eigenvalue weighted by atomic mass is 9.99. The summed E-state index contributed by atoms with van der Waals surface area (Å²) in [5, 5.41) is 34.1. The third kappa shape index (κ3) is 5.22. The number of thioether (sulfide) groups is 1. The van der Waals surface area contributed by atoms with Crippen LogP contribution in [0, 0.1) is 0 Å². The van der Waals surface area contributed by atoms with E-state index in [-0.39, 0.29) is 21.8 Å². The fraction of sp³-hybridized carbons (Fsp3) is 0.421. The van der Waals surface area contributed by atoms with E-state index in [1.54, 1.807) is 13.8 Å². The molecule has 1 aromatic rings. The van der Waals surface area contributed by atoms with Crippen LogP contribution >= 0.6 is 23.1 Å². The average Bonchev–Trinajstić information content (AvgIpc) is 3.21. The van der Waals surface area contributed by atoms with Crippen molar-refractivity contribution >= 4 is 63.7 Å². The van der Waals surface area contributed by atoms with Crippen LogP contribution in [0.4, 0.5) is 5.13 Å². The van der Waals surface area contributed by atoms with Crippen molar-refractivity contribution in [1.29, 1.82) is 0 Å². The Kier molecular flexibility index (Phi) is 7.64. The lowest BCUT2D eigenvalue weighted by Gasteiger charge is -2.51. The first-order chi connectivity index (χ1) is 16.5. The van der Waals surface area contributed by atoms with Crippen LogP contribution < -0.4 is 11.1 Å². The molecule has 3 rings (SSSR count). The predicted octanol–water partition coefficient (Wildman–Crippen LogP) is -0.0890. The minimum atomic E-state index is -1.89. The SMILES string of the molecule is CCC1=C(C(=O)O)N2C(=O)[C@@H](NC(=O)/C(=N\O[C@@H](CC(=O)O)C(=O)O)c3csc(N)n3)[C@H]2S[C@H]1C. The van der Waals surface area contributed by atoms with Crippen molar-refractivity contribution in [3.63, 3.8) is 0 Å². The van der Waals surface area contributed by atoms with Crippen molar-refractivity contribution in [2.24, 2.45) is 5.16 Å². The summed E-state index contributed by atoms with van der Waals surface area (Å²) in [4.78, 5) is 69.6. The number of nitrogens with one attached hydrogen (secondary N) is 1. The highest BCUT2D eigenvalue weighted by atomic mass is 32.2. The normalized spacial score (nSPS) is 22.7. The summed E-state index contributed by atoms with van der Waals surface area (Å²) in [6, 6.07) is -1.10. The Morgan fingerprint density at radius 1 is 1.31 bits per heavy atom. The van der Waals surface area contributed by atoms with E-state index in [2.05, 4.69) is 15.5 Å². The van der Waals surface area contributed by atoms with Crippen LogP contribution in [0.15, 0.2) is 21.8 Å². The summed E-state index contributed by atoms with van der Waals surface area (Å²) in [6.07, 6.45) is -2.38. The van der Waals surface area contributed by atoms with Crippen molar-refractivity contribution < 1.29 is 44.1 Å². The number of amides is 2. The Hall–Kier alpha value is -3.66. The van der Waals surface area contributed by atoms with Crippen LogP contribution in [-0.4, -0.2) is 83.4 Å². The fourth-order valence-corrected chi connectivity index (χ4v) is 5.64.